The highest BCUT2D eigenvalue weighted by Crippen LogP contribution is 2.21. The first-order valence-electron chi connectivity index (χ1n) is 8.53. The van der Waals surface area contributed by atoms with E-state index in [2.05, 4.69) is 35.8 Å². The van der Waals surface area contributed by atoms with Crippen LogP contribution in [0.2, 0.25) is 0 Å². The van der Waals surface area contributed by atoms with Crippen LogP contribution in [0.15, 0.2) is 35.4 Å². The molecule has 25 heavy (non-hydrogen) atoms. The summed E-state index contributed by atoms with van der Waals surface area (Å²) in [6, 6.07) is 4.93. The van der Waals surface area contributed by atoms with E-state index in [0.29, 0.717) is 13.1 Å². The third kappa shape index (κ3) is 3.75. The minimum absolute atomic E-state index is 0.0725. The largest absolute Gasteiger partial charge is 0.331 e. The monoisotopic (exact) mass is 341 g/mol. The smallest absolute Gasteiger partial charge is 0.291 e. The Bertz CT molecular complexity index is 810. The summed E-state index contributed by atoms with van der Waals surface area (Å²) in [5.41, 5.74) is 0.566. The molecule has 3 rings (SSSR count). The second-order valence-electron chi connectivity index (χ2n) is 7.36. The van der Waals surface area contributed by atoms with Crippen molar-refractivity contribution in [3.05, 3.63) is 52.5 Å². The van der Waals surface area contributed by atoms with Gasteiger partial charge in [-0.1, -0.05) is 20.8 Å². The molecule has 0 aliphatic carbocycles. The predicted octanol–water partition coefficient (Wildman–Crippen LogP) is 1.64. The van der Waals surface area contributed by atoms with Crippen molar-refractivity contribution in [1.82, 2.24) is 24.6 Å². The fraction of sp³-hybridized carbons (Fsp3) is 0.500. The average molecular weight is 341 g/mol. The van der Waals surface area contributed by atoms with Gasteiger partial charge in [-0.05, 0) is 25.0 Å². The summed E-state index contributed by atoms with van der Waals surface area (Å²) in [6.45, 7) is 7.21. The van der Waals surface area contributed by atoms with Crippen LogP contribution in [0.1, 0.15) is 49.9 Å². The van der Waals surface area contributed by atoms with Gasteiger partial charge in [0, 0.05) is 30.4 Å². The van der Waals surface area contributed by atoms with E-state index >= 15 is 0 Å². The molecule has 0 aromatic carbocycles. The average Bonchev–Trinajstić information content (AvgIpc) is 3.04. The third-order valence-corrected chi connectivity index (χ3v) is 4.41. The Morgan fingerprint density at radius 1 is 1.24 bits per heavy atom. The molecule has 1 aliphatic rings. The second-order valence-corrected chi connectivity index (χ2v) is 7.36. The maximum Gasteiger partial charge on any atom is 0.291 e. The summed E-state index contributed by atoms with van der Waals surface area (Å²) in [5, 5.41) is 4.51. The number of carbonyl (C=O) groups is 1. The number of hydrogen-bond donors (Lipinski definition) is 0. The van der Waals surface area contributed by atoms with Crippen LogP contribution in [-0.2, 0) is 12.0 Å². The van der Waals surface area contributed by atoms with Gasteiger partial charge in [0.05, 0.1) is 18.3 Å². The summed E-state index contributed by atoms with van der Waals surface area (Å²) in [5.74, 6) is 0.00118. The number of likely N-dealkylation sites (tertiary alicyclic amines) is 1. The minimum Gasteiger partial charge on any atom is -0.331 e. The van der Waals surface area contributed by atoms with Gasteiger partial charge in [0.25, 0.3) is 11.5 Å². The Morgan fingerprint density at radius 2 is 1.96 bits per heavy atom. The second kappa shape index (κ2) is 6.74. The molecule has 2 aromatic rings. The Labute approximate surface area is 146 Å². The number of carbonyl (C=O) groups excluding carboxylic acids is 1. The molecule has 7 heteroatoms. The molecular weight excluding hydrogens is 318 g/mol. The molecule has 1 amide bonds. The van der Waals surface area contributed by atoms with Crippen molar-refractivity contribution in [2.75, 3.05) is 6.54 Å². The van der Waals surface area contributed by atoms with Crippen molar-refractivity contribution >= 4 is 5.91 Å². The lowest BCUT2D eigenvalue weighted by molar-refractivity contribution is 0.0707. The Kier molecular flexibility index (Phi) is 4.65. The van der Waals surface area contributed by atoms with Crippen LogP contribution in [0.3, 0.4) is 0 Å². The first-order valence-corrected chi connectivity index (χ1v) is 8.53. The lowest BCUT2D eigenvalue weighted by Crippen LogP contribution is -2.41. The molecule has 1 saturated heterocycles. The van der Waals surface area contributed by atoms with Gasteiger partial charge in [-0.3, -0.25) is 9.59 Å². The summed E-state index contributed by atoms with van der Waals surface area (Å²) < 4.78 is 1.47. The summed E-state index contributed by atoms with van der Waals surface area (Å²) in [7, 11) is 0. The van der Waals surface area contributed by atoms with Gasteiger partial charge in [-0.2, -0.15) is 5.10 Å². The van der Waals surface area contributed by atoms with Crippen molar-refractivity contribution in [3.63, 3.8) is 0 Å². The van der Waals surface area contributed by atoms with Crippen LogP contribution in [0, 0.1) is 0 Å². The van der Waals surface area contributed by atoms with E-state index in [1.807, 2.05) is 0 Å². The normalized spacial score (nSPS) is 17.7. The van der Waals surface area contributed by atoms with Crippen LogP contribution in [0.25, 0.3) is 0 Å². The van der Waals surface area contributed by atoms with Crippen LogP contribution < -0.4 is 5.56 Å². The molecule has 1 fully saturated rings. The van der Waals surface area contributed by atoms with E-state index in [1.54, 1.807) is 35.5 Å². The molecule has 3 heterocycles. The number of nitrogens with zero attached hydrogens (tertiary/aromatic N) is 5. The molecule has 0 spiro atoms. The van der Waals surface area contributed by atoms with Gasteiger partial charge in [-0.15, -0.1) is 0 Å². The SMILES string of the molecule is CC(C)(C)c1ccc(=O)n(CC2CCCN2C(=O)c2ncccn2)n1. The minimum atomic E-state index is -0.192. The third-order valence-electron chi connectivity index (χ3n) is 4.41. The first-order chi connectivity index (χ1) is 11.9. The lowest BCUT2D eigenvalue weighted by Gasteiger charge is -2.25. The van der Waals surface area contributed by atoms with Crippen molar-refractivity contribution in [2.45, 2.75) is 51.6 Å². The first kappa shape index (κ1) is 17.3. The van der Waals surface area contributed by atoms with Crippen LogP contribution >= 0.6 is 0 Å². The Hall–Kier alpha value is -2.57. The van der Waals surface area contributed by atoms with Gasteiger partial charge >= 0.3 is 0 Å². The van der Waals surface area contributed by atoms with E-state index in [1.165, 1.54) is 4.68 Å². The molecule has 0 saturated carbocycles. The van der Waals surface area contributed by atoms with Crippen LogP contribution in [-0.4, -0.2) is 43.1 Å². The van der Waals surface area contributed by atoms with Crippen molar-refractivity contribution in [2.24, 2.45) is 0 Å². The van der Waals surface area contributed by atoms with Crippen LogP contribution in [0.5, 0.6) is 0 Å². The predicted molar refractivity (Wildman–Crippen MR) is 93.3 cm³/mol. The lowest BCUT2D eigenvalue weighted by atomic mass is 9.92. The highest BCUT2D eigenvalue weighted by Gasteiger charge is 2.31. The van der Waals surface area contributed by atoms with E-state index in [0.717, 1.165) is 18.5 Å². The van der Waals surface area contributed by atoms with E-state index in [4.69, 9.17) is 0 Å². The summed E-state index contributed by atoms with van der Waals surface area (Å²) in [4.78, 5) is 34.7. The topological polar surface area (TPSA) is 81.0 Å². The van der Waals surface area contributed by atoms with Gasteiger partial charge in [0.15, 0.2) is 0 Å². The Morgan fingerprint density at radius 3 is 2.64 bits per heavy atom. The number of aromatic nitrogens is 4. The molecule has 1 aliphatic heterocycles. The highest BCUT2D eigenvalue weighted by atomic mass is 16.2. The quantitative estimate of drug-likeness (QED) is 0.848. The molecule has 7 nitrogen and oxygen atoms in total. The molecule has 2 aromatic heterocycles. The number of amides is 1. The van der Waals surface area contributed by atoms with Gasteiger partial charge < -0.3 is 4.90 Å². The van der Waals surface area contributed by atoms with Crippen LogP contribution in [0.4, 0.5) is 0 Å². The number of hydrogen-bond acceptors (Lipinski definition) is 5. The summed E-state index contributed by atoms with van der Waals surface area (Å²) in [6.07, 6.45) is 4.86. The van der Waals surface area contributed by atoms with Crippen molar-refractivity contribution < 1.29 is 4.79 Å². The maximum atomic E-state index is 12.7. The van der Waals surface area contributed by atoms with E-state index in [9.17, 15) is 9.59 Å². The van der Waals surface area contributed by atoms with Gasteiger partial charge in [0.1, 0.15) is 0 Å². The van der Waals surface area contributed by atoms with Gasteiger partial charge in [-0.25, -0.2) is 14.6 Å². The molecule has 0 bridgehead atoms. The number of rotatable bonds is 3. The fourth-order valence-electron chi connectivity index (χ4n) is 3.01. The summed E-state index contributed by atoms with van der Waals surface area (Å²) >= 11 is 0. The molecule has 1 unspecified atom stereocenters. The molecular formula is C18H23N5O2. The van der Waals surface area contributed by atoms with Crippen molar-refractivity contribution in [3.8, 4) is 0 Å². The molecule has 132 valence electrons. The zero-order chi connectivity index (χ0) is 18.0. The highest BCUT2D eigenvalue weighted by molar-refractivity contribution is 5.90. The zero-order valence-corrected chi connectivity index (χ0v) is 14.8. The molecule has 1 atom stereocenters. The van der Waals surface area contributed by atoms with E-state index < -0.39 is 0 Å². The van der Waals surface area contributed by atoms with E-state index in [-0.39, 0.29) is 28.7 Å². The zero-order valence-electron chi connectivity index (χ0n) is 14.8. The maximum absolute atomic E-state index is 12.7. The van der Waals surface area contributed by atoms with Crippen molar-refractivity contribution in [1.29, 1.82) is 0 Å². The molecule has 0 N–H and O–H groups in total. The molecule has 0 radical (unpaired) electrons. The van der Waals surface area contributed by atoms with Gasteiger partial charge in [0.2, 0.25) is 5.82 Å². The Balaban J connectivity index is 1.83. The fourth-order valence-corrected chi connectivity index (χ4v) is 3.01. The standard InChI is InChI=1S/C18H23N5O2/c1-18(2,3)14-7-8-15(24)23(21-14)12-13-6-4-11-22(13)17(25)16-19-9-5-10-20-16/h5,7-10,13H,4,6,11-12H2,1-3H3.